The highest BCUT2D eigenvalue weighted by atomic mass is 32.1. The lowest BCUT2D eigenvalue weighted by molar-refractivity contribution is 0.504. The van der Waals surface area contributed by atoms with E-state index < -0.39 is 0 Å². The topological polar surface area (TPSA) is 68.8 Å². The third-order valence-electron chi connectivity index (χ3n) is 2.97. The number of aromatic nitrogens is 3. The Morgan fingerprint density at radius 3 is 2.78 bits per heavy atom. The smallest absolute Gasteiger partial charge is 0.0897 e. The molecule has 5 nitrogen and oxygen atoms in total. The summed E-state index contributed by atoms with van der Waals surface area (Å²) in [6.07, 6.45) is 1.71. The largest absolute Gasteiger partial charge is 0.271 e. The van der Waals surface area contributed by atoms with Crippen molar-refractivity contribution in [2.45, 2.75) is 32.7 Å². The van der Waals surface area contributed by atoms with Gasteiger partial charge >= 0.3 is 0 Å². The van der Waals surface area contributed by atoms with E-state index >= 15 is 0 Å². The summed E-state index contributed by atoms with van der Waals surface area (Å²) in [7, 11) is 1.95. The second-order valence-corrected chi connectivity index (χ2v) is 5.38. The van der Waals surface area contributed by atoms with Crippen LogP contribution < -0.4 is 11.3 Å². The van der Waals surface area contributed by atoms with Crippen molar-refractivity contribution in [2.75, 3.05) is 0 Å². The predicted molar refractivity (Wildman–Crippen MR) is 73.2 cm³/mol. The molecule has 0 spiro atoms. The highest BCUT2D eigenvalue weighted by Gasteiger charge is 2.17. The molecule has 1 atom stereocenters. The molecule has 2 aromatic rings. The minimum Gasteiger partial charge on any atom is -0.271 e. The number of nitrogens with two attached hydrogens (primary N) is 1. The molecule has 0 saturated carbocycles. The summed E-state index contributed by atoms with van der Waals surface area (Å²) in [6, 6.07) is 2.15. The number of hydrogen-bond donors (Lipinski definition) is 2. The zero-order valence-electron chi connectivity index (χ0n) is 11.0. The van der Waals surface area contributed by atoms with Crippen LogP contribution in [-0.2, 0) is 19.9 Å². The van der Waals surface area contributed by atoms with Crippen LogP contribution in [-0.4, -0.2) is 14.8 Å². The van der Waals surface area contributed by atoms with Crippen molar-refractivity contribution < 1.29 is 0 Å². The van der Waals surface area contributed by atoms with E-state index in [4.69, 9.17) is 5.84 Å². The molecule has 2 heterocycles. The van der Waals surface area contributed by atoms with Gasteiger partial charge < -0.3 is 0 Å². The van der Waals surface area contributed by atoms with E-state index in [9.17, 15) is 0 Å². The average molecular weight is 265 g/mol. The van der Waals surface area contributed by atoms with Crippen LogP contribution in [0.2, 0.25) is 0 Å². The fourth-order valence-corrected chi connectivity index (χ4v) is 2.63. The van der Waals surface area contributed by atoms with Crippen LogP contribution in [0.1, 0.15) is 35.1 Å². The van der Waals surface area contributed by atoms with Gasteiger partial charge in [0.05, 0.1) is 28.1 Å². The lowest BCUT2D eigenvalue weighted by Gasteiger charge is -2.14. The van der Waals surface area contributed by atoms with E-state index in [0.717, 1.165) is 34.9 Å². The third-order valence-corrected chi connectivity index (χ3v) is 3.79. The summed E-state index contributed by atoms with van der Waals surface area (Å²) in [5, 5.41) is 7.61. The molecule has 0 aromatic carbocycles. The molecule has 0 saturated heterocycles. The summed E-state index contributed by atoms with van der Waals surface area (Å²) >= 11 is 1.66. The molecule has 0 bridgehead atoms. The molecule has 6 heteroatoms. The van der Waals surface area contributed by atoms with Gasteiger partial charge in [-0.1, -0.05) is 6.92 Å². The molecule has 3 N–H and O–H groups in total. The zero-order valence-corrected chi connectivity index (χ0v) is 11.8. The number of nitrogens with zero attached hydrogens (tertiary/aromatic N) is 3. The van der Waals surface area contributed by atoms with Gasteiger partial charge in [-0.2, -0.15) is 5.10 Å². The quantitative estimate of drug-likeness (QED) is 0.635. The second kappa shape index (κ2) is 5.60. The van der Waals surface area contributed by atoms with Gasteiger partial charge in [0.1, 0.15) is 0 Å². The van der Waals surface area contributed by atoms with Gasteiger partial charge in [-0.25, -0.2) is 4.98 Å². The minimum absolute atomic E-state index is 0.0456. The van der Waals surface area contributed by atoms with Crippen LogP contribution in [0, 0.1) is 6.92 Å². The molecule has 2 rings (SSSR count). The lowest BCUT2D eigenvalue weighted by atomic mass is 10.1. The first-order valence-corrected chi connectivity index (χ1v) is 6.92. The van der Waals surface area contributed by atoms with Gasteiger partial charge in [0.2, 0.25) is 0 Å². The van der Waals surface area contributed by atoms with Crippen molar-refractivity contribution in [2.24, 2.45) is 12.9 Å². The summed E-state index contributed by atoms with van der Waals surface area (Å²) in [6.45, 7) is 4.11. The first-order valence-electron chi connectivity index (χ1n) is 6.04. The van der Waals surface area contributed by atoms with Gasteiger partial charge in [0.15, 0.2) is 0 Å². The number of rotatable bonds is 5. The Balaban J connectivity index is 2.19. The van der Waals surface area contributed by atoms with Gasteiger partial charge in [-0.3, -0.25) is 16.0 Å². The number of hydrazine groups is 1. The van der Waals surface area contributed by atoms with Crippen molar-refractivity contribution in [3.05, 3.63) is 33.5 Å². The minimum atomic E-state index is 0.0456. The third kappa shape index (κ3) is 2.77. The molecule has 0 radical (unpaired) electrons. The van der Waals surface area contributed by atoms with E-state index in [1.54, 1.807) is 11.3 Å². The highest BCUT2D eigenvalue weighted by molar-refractivity contribution is 7.09. The Hall–Kier alpha value is -1.24. The summed E-state index contributed by atoms with van der Waals surface area (Å²) in [5.41, 5.74) is 6.11. The molecule has 98 valence electrons. The van der Waals surface area contributed by atoms with Crippen molar-refractivity contribution in [3.8, 4) is 0 Å². The molecule has 0 aliphatic carbocycles. The molecule has 1 unspecified atom stereocenters. The Kier molecular flexibility index (Phi) is 4.11. The van der Waals surface area contributed by atoms with Crippen molar-refractivity contribution in [1.82, 2.24) is 20.2 Å². The normalized spacial score (nSPS) is 12.9. The number of hydrogen-bond acceptors (Lipinski definition) is 5. The molecule has 0 aliphatic rings. The molecule has 0 fully saturated rings. The van der Waals surface area contributed by atoms with E-state index in [1.165, 1.54) is 0 Å². The van der Waals surface area contributed by atoms with Crippen molar-refractivity contribution in [3.63, 3.8) is 0 Å². The Morgan fingerprint density at radius 1 is 1.50 bits per heavy atom. The molecule has 18 heavy (non-hydrogen) atoms. The van der Waals surface area contributed by atoms with Crippen molar-refractivity contribution in [1.29, 1.82) is 0 Å². The number of thiazole rings is 1. The summed E-state index contributed by atoms with van der Waals surface area (Å²) in [5.74, 6) is 5.66. The molecule has 2 aromatic heterocycles. The van der Waals surface area contributed by atoms with Crippen LogP contribution in [0.3, 0.4) is 0 Å². The molecule has 0 aliphatic heterocycles. The monoisotopic (exact) mass is 265 g/mol. The van der Waals surface area contributed by atoms with Crippen LogP contribution in [0.5, 0.6) is 0 Å². The van der Waals surface area contributed by atoms with E-state index in [-0.39, 0.29) is 6.04 Å². The van der Waals surface area contributed by atoms with Gasteiger partial charge in [0, 0.05) is 18.8 Å². The predicted octanol–water partition coefficient (Wildman–Crippen LogP) is 1.49. The number of aryl methyl sites for hydroxylation is 3. The maximum absolute atomic E-state index is 5.66. The molecule has 0 amide bonds. The summed E-state index contributed by atoms with van der Waals surface area (Å²) in [4.78, 5) is 4.47. The maximum Gasteiger partial charge on any atom is 0.0897 e. The van der Waals surface area contributed by atoms with Gasteiger partial charge in [0.25, 0.3) is 0 Å². The Labute approximate surface area is 111 Å². The van der Waals surface area contributed by atoms with Crippen molar-refractivity contribution >= 4 is 11.3 Å². The van der Waals surface area contributed by atoms with Crippen LogP contribution in [0.4, 0.5) is 0 Å². The summed E-state index contributed by atoms with van der Waals surface area (Å²) < 4.78 is 1.89. The second-order valence-electron chi connectivity index (χ2n) is 4.32. The van der Waals surface area contributed by atoms with Crippen LogP contribution >= 0.6 is 11.3 Å². The van der Waals surface area contributed by atoms with Gasteiger partial charge in [-0.05, 0) is 19.4 Å². The Bertz CT molecular complexity index is 516. The maximum atomic E-state index is 5.66. The van der Waals surface area contributed by atoms with Crippen LogP contribution in [0.25, 0.3) is 0 Å². The Morgan fingerprint density at radius 2 is 2.28 bits per heavy atom. The molecular formula is C12H19N5S. The van der Waals surface area contributed by atoms with E-state index in [2.05, 4.69) is 33.9 Å². The SMILES string of the molecule is CCc1cc(C(Cc2csc(C)n2)NN)n(C)n1. The van der Waals surface area contributed by atoms with E-state index in [1.807, 2.05) is 18.7 Å². The fourth-order valence-electron chi connectivity index (χ4n) is 2.00. The first kappa shape index (κ1) is 13.2. The fraction of sp³-hybridized carbons (Fsp3) is 0.500. The first-order chi connectivity index (χ1) is 8.63. The standard InChI is InChI=1S/C12H19N5S/c1-4-9-6-12(17(3)16-9)11(15-13)5-10-7-18-8(2)14-10/h6-7,11,15H,4-5,13H2,1-3H3. The van der Waals surface area contributed by atoms with Gasteiger partial charge in [-0.15, -0.1) is 11.3 Å². The highest BCUT2D eigenvalue weighted by Crippen LogP contribution is 2.19. The average Bonchev–Trinajstić information content (AvgIpc) is 2.92. The molecular weight excluding hydrogens is 246 g/mol. The number of nitrogens with one attached hydrogen (secondary N) is 1. The van der Waals surface area contributed by atoms with E-state index in [0.29, 0.717) is 0 Å². The van der Waals surface area contributed by atoms with Crippen LogP contribution in [0.15, 0.2) is 11.4 Å². The zero-order chi connectivity index (χ0) is 13.1. The lowest BCUT2D eigenvalue weighted by Crippen LogP contribution is -2.31.